The third-order valence-corrected chi connectivity index (χ3v) is 5.74. The molecular formula is C23H27N3O2. The summed E-state index contributed by atoms with van der Waals surface area (Å²) in [5, 5.41) is 0. The summed E-state index contributed by atoms with van der Waals surface area (Å²) in [4.78, 5) is 31.5. The summed E-state index contributed by atoms with van der Waals surface area (Å²) >= 11 is 0. The van der Waals surface area contributed by atoms with E-state index in [9.17, 15) is 9.59 Å². The third kappa shape index (κ3) is 3.88. The molecule has 0 saturated carbocycles. The summed E-state index contributed by atoms with van der Waals surface area (Å²) in [6.45, 7) is 6.51. The third-order valence-electron chi connectivity index (χ3n) is 5.74. The van der Waals surface area contributed by atoms with Crippen molar-refractivity contribution in [2.45, 2.75) is 19.8 Å². The SMILES string of the molecule is Cc1ccc(C(=O)N2CCN(C(=O)c3ccc(N4CCCC4)cc3)CC2)cc1. The van der Waals surface area contributed by atoms with Gasteiger partial charge in [0.05, 0.1) is 0 Å². The average molecular weight is 377 g/mol. The van der Waals surface area contributed by atoms with E-state index in [1.165, 1.54) is 18.5 Å². The van der Waals surface area contributed by atoms with E-state index in [2.05, 4.69) is 17.0 Å². The Hall–Kier alpha value is -2.82. The molecule has 2 aromatic rings. The van der Waals surface area contributed by atoms with Gasteiger partial charge in [0.15, 0.2) is 0 Å². The van der Waals surface area contributed by atoms with Gasteiger partial charge in [0.1, 0.15) is 0 Å². The van der Waals surface area contributed by atoms with Crippen LogP contribution in [0.4, 0.5) is 5.69 Å². The second kappa shape index (κ2) is 8.05. The van der Waals surface area contributed by atoms with Crippen molar-refractivity contribution in [2.75, 3.05) is 44.2 Å². The molecular weight excluding hydrogens is 350 g/mol. The van der Waals surface area contributed by atoms with Crippen LogP contribution >= 0.6 is 0 Å². The molecule has 0 bridgehead atoms. The molecule has 0 N–H and O–H groups in total. The van der Waals surface area contributed by atoms with Gasteiger partial charge in [0, 0.05) is 56.1 Å². The summed E-state index contributed by atoms with van der Waals surface area (Å²) in [5.41, 5.74) is 3.77. The molecule has 0 aromatic heterocycles. The van der Waals surface area contributed by atoms with Crippen LogP contribution in [0.3, 0.4) is 0 Å². The van der Waals surface area contributed by atoms with E-state index in [0.717, 1.165) is 24.2 Å². The lowest BCUT2D eigenvalue weighted by Crippen LogP contribution is -2.50. The van der Waals surface area contributed by atoms with Crippen LogP contribution in [0.5, 0.6) is 0 Å². The molecule has 4 rings (SSSR count). The number of rotatable bonds is 3. The van der Waals surface area contributed by atoms with Gasteiger partial charge in [-0.1, -0.05) is 17.7 Å². The van der Waals surface area contributed by atoms with Crippen molar-refractivity contribution in [1.82, 2.24) is 9.80 Å². The van der Waals surface area contributed by atoms with Gasteiger partial charge in [-0.25, -0.2) is 0 Å². The molecule has 2 aliphatic heterocycles. The number of amides is 2. The number of benzene rings is 2. The van der Waals surface area contributed by atoms with Crippen molar-refractivity contribution in [2.24, 2.45) is 0 Å². The second-order valence-corrected chi connectivity index (χ2v) is 7.69. The minimum atomic E-state index is 0.0436. The molecule has 0 atom stereocenters. The van der Waals surface area contributed by atoms with Gasteiger partial charge >= 0.3 is 0 Å². The molecule has 2 heterocycles. The number of nitrogens with zero attached hydrogens (tertiary/aromatic N) is 3. The molecule has 2 fully saturated rings. The standard InChI is InChI=1S/C23H27N3O2/c1-18-4-6-19(7-5-18)22(27)25-14-16-26(17-15-25)23(28)20-8-10-21(11-9-20)24-12-2-3-13-24/h4-11H,2-3,12-17H2,1H3. The van der Waals surface area contributed by atoms with Crippen molar-refractivity contribution in [3.63, 3.8) is 0 Å². The lowest BCUT2D eigenvalue weighted by Gasteiger charge is -2.35. The quantitative estimate of drug-likeness (QED) is 0.825. The van der Waals surface area contributed by atoms with Crippen LogP contribution in [-0.2, 0) is 0 Å². The molecule has 146 valence electrons. The summed E-state index contributed by atoms with van der Waals surface area (Å²) < 4.78 is 0. The van der Waals surface area contributed by atoms with Crippen LogP contribution in [0, 0.1) is 6.92 Å². The Morgan fingerprint density at radius 2 is 1.07 bits per heavy atom. The van der Waals surface area contributed by atoms with Crippen LogP contribution in [0.1, 0.15) is 39.1 Å². The summed E-state index contributed by atoms with van der Waals surface area (Å²) in [7, 11) is 0. The highest BCUT2D eigenvalue weighted by molar-refractivity contribution is 5.96. The number of aryl methyl sites for hydroxylation is 1. The molecule has 28 heavy (non-hydrogen) atoms. The molecule has 2 amide bonds. The minimum absolute atomic E-state index is 0.0436. The number of carbonyl (C=O) groups excluding carboxylic acids is 2. The molecule has 0 unspecified atom stereocenters. The van der Waals surface area contributed by atoms with Crippen molar-refractivity contribution >= 4 is 17.5 Å². The van der Waals surface area contributed by atoms with E-state index in [-0.39, 0.29) is 11.8 Å². The van der Waals surface area contributed by atoms with E-state index in [0.29, 0.717) is 31.7 Å². The van der Waals surface area contributed by atoms with Crippen LogP contribution in [-0.4, -0.2) is 60.9 Å². The first-order valence-corrected chi connectivity index (χ1v) is 10.1. The highest BCUT2D eigenvalue weighted by Gasteiger charge is 2.25. The largest absolute Gasteiger partial charge is 0.372 e. The Morgan fingerprint density at radius 1 is 0.643 bits per heavy atom. The van der Waals surface area contributed by atoms with Gasteiger partial charge in [-0.15, -0.1) is 0 Å². The number of anilines is 1. The Balaban J connectivity index is 1.34. The molecule has 2 aromatic carbocycles. The van der Waals surface area contributed by atoms with Crippen molar-refractivity contribution < 1.29 is 9.59 Å². The zero-order valence-corrected chi connectivity index (χ0v) is 16.4. The maximum Gasteiger partial charge on any atom is 0.253 e. The number of hydrogen-bond acceptors (Lipinski definition) is 3. The van der Waals surface area contributed by atoms with Crippen LogP contribution in [0.15, 0.2) is 48.5 Å². The fourth-order valence-electron chi connectivity index (χ4n) is 3.96. The lowest BCUT2D eigenvalue weighted by atomic mass is 10.1. The average Bonchev–Trinajstić information content (AvgIpc) is 3.28. The highest BCUT2D eigenvalue weighted by Crippen LogP contribution is 2.21. The normalized spacial score (nSPS) is 17.1. The summed E-state index contributed by atoms with van der Waals surface area (Å²) in [6.07, 6.45) is 2.48. The van der Waals surface area contributed by atoms with E-state index >= 15 is 0 Å². The number of piperazine rings is 1. The van der Waals surface area contributed by atoms with E-state index in [1.54, 1.807) is 0 Å². The number of hydrogen-bond donors (Lipinski definition) is 0. The van der Waals surface area contributed by atoms with Crippen LogP contribution < -0.4 is 4.90 Å². The Bertz CT molecular complexity index is 831. The number of carbonyl (C=O) groups is 2. The Morgan fingerprint density at radius 3 is 1.54 bits per heavy atom. The first-order valence-electron chi connectivity index (χ1n) is 10.1. The maximum absolute atomic E-state index is 12.8. The molecule has 0 aliphatic carbocycles. The monoisotopic (exact) mass is 377 g/mol. The Kier molecular flexibility index (Phi) is 5.33. The summed E-state index contributed by atoms with van der Waals surface area (Å²) in [5.74, 6) is 0.0949. The van der Waals surface area contributed by atoms with E-state index in [1.807, 2.05) is 53.1 Å². The molecule has 5 nitrogen and oxygen atoms in total. The van der Waals surface area contributed by atoms with E-state index in [4.69, 9.17) is 0 Å². The smallest absolute Gasteiger partial charge is 0.253 e. The lowest BCUT2D eigenvalue weighted by molar-refractivity contribution is 0.0535. The van der Waals surface area contributed by atoms with E-state index < -0.39 is 0 Å². The molecule has 2 aliphatic rings. The highest BCUT2D eigenvalue weighted by atomic mass is 16.2. The van der Waals surface area contributed by atoms with Gasteiger partial charge in [-0.2, -0.15) is 0 Å². The predicted octanol–water partition coefficient (Wildman–Crippen LogP) is 3.19. The van der Waals surface area contributed by atoms with Gasteiger partial charge < -0.3 is 14.7 Å². The van der Waals surface area contributed by atoms with Crippen molar-refractivity contribution in [3.05, 3.63) is 65.2 Å². The minimum Gasteiger partial charge on any atom is -0.372 e. The zero-order chi connectivity index (χ0) is 19.5. The zero-order valence-electron chi connectivity index (χ0n) is 16.4. The van der Waals surface area contributed by atoms with Crippen LogP contribution in [0.2, 0.25) is 0 Å². The molecule has 0 spiro atoms. The predicted molar refractivity (Wildman–Crippen MR) is 111 cm³/mol. The fraction of sp³-hybridized carbons (Fsp3) is 0.391. The van der Waals surface area contributed by atoms with Gasteiger partial charge in [-0.3, -0.25) is 9.59 Å². The van der Waals surface area contributed by atoms with Gasteiger partial charge in [0.2, 0.25) is 0 Å². The summed E-state index contributed by atoms with van der Waals surface area (Å²) in [6, 6.07) is 15.6. The van der Waals surface area contributed by atoms with Gasteiger partial charge in [-0.05, 0) is 56.2 Å². The van der Waals surface area contributed by atoms with Crippen LogP contribution in [0.25, 0.3) is 0 Å². The molecule has 2 saturated heterocycles. The maximum atomic E-state index is 12.8. The van der Waals surface area contributed by atoms with Gasteiger partial charge in [0.25, 0.3) is 11.8 Å². The molecule has 5 heteroatoms. The Labute approximate surface area is 166 Å². The first-order chi connectivity index (χ1) is 13.6. The topological polar surface area (TPSA) is 43.9 Å². The van der Waals surface area contributed by atoms with Crippen molar-refractivity contribution in [1.29, 1.82) is 0 Å². The molecule has 0 radical (unpaired) electrons. The van der Waals surface area contributed by atoms with Crippen molar-refractivity contribution in [3.8, 4) is 0 Å². The second-order valence-electron chi connectivity index (χ2n) is 7.69. The fourth-order valence-corrected chi connectivity index (χ4v) is 3.96. The first kappa shape index (κ1) is 18.5.